The zero-order valence-electron chi connectivity index (χ0n) is 22.0. The summed E-state index contributed by atoms with van der Waals surface area (Å²) in [7, 11) is 0. The number of anilines is 1. The predicted octanol–water partition coefficient (Wildman–Crippen LogP) is 2.88. The number of nitrogens with zero attached hydrogens (tertiary/aromatic N) is 1. The summed E-state index contributed by atoms with van der Waals surface area (Å²) in [5, 5.41) is 27.8. The summed E-state index contributed by atoms with van der Waals surface area (Å²) in [6, 6.07) is 7.35. The van der Waals surface area contributed by atoms with Crippen molar-refractivity contribution < 1.29 is 42.5 Å². The molecule has 2 aromatic carbocycles. The van der Waals surface area contributed by atoms with E-state index in [4.69, 9.17) is 4.74 Å². The van der Waals surface area contributed by atoms with E-state index < -0.39 is 48.0 Å². The van der Waals surface area contributed by atoms with Crippen molar-refractivity contribution >= 4 is 29.3 Å². The third-order valence-corrected chi connectivity index (χ3v) is 5.94. The standard InChI is InChI=1S/C27H31F3N4O6/c1-3-40-24(38)10-17(16-4-15(2)5-19(6-16)27(28,29)30)8-22(36)12-31-25(39)18-7-20(11-21(35)9-18)34-26-32-13-23(37)14-33-26/h4-7,9,11,17,23,35,37H,3,8,10,12-14H2,1-2H3,(H,31,39)(H2,32,33,34)/t17-/m0/s1. The van der Waals surface area contributed by atoms with E-state index in [-0.39, 0.29) is 49.4 Å². The lowest BCUT2D eigenvalue weighted by atomic mass is 9.88. The average molecular weight is 565 g/mol. The first-order valence-electron chi connectivity index (χ1n) is 12.6. The third-order valence-electron chi connectivity index (χ3n) is 5.94. The molecule has 2 aromatic rings. The second-order valence-electron chi connectivity index (χ2n) is 9.38. The number of aliphatic hydroxyl groups is 1. The van der Waals surface area contributed by atoms with E-state index in [0.29, 0.717) is 17.2 Å². The van der Waals surface area contributed by atoms with Crippen LogP contribution in [0.5, 0.6) is 5.75 Å². The maximum atomic E-state index is 13.4. The molecule has 0 aromatic heterocycles. The molecule has 13 heteroatoms. The Hall–Kier alpha value is -4.13. The molecule has 1 unspecified atom stereocenters. The monoisotopic (exact) mass is 564 g/mol. The van der Waals surface area contributed by atoms with Crippen molar-refractivity contribution in [2.24, 2.45) is 4.99 Å². The molecule has 1 amide bonds. The van der Waals surface area contributed by atoms with Crippen LogP contribution in [0.3, 0.4) is 0 Å². The number of ether oxygens (including phenoxy) is 1. The van der Waals surface area contributed by atoms with Crippen LogP contribution in [-0.2, 0) is 20.5 Å². The van der Waals surface area contributed by atoms with Crippen LogP contribution >= 0.6 is 0 Å². The maximum Gasteiger partial charge on any atom is 0.416 e. The Balaban J connectivity index is 1.70. The molecule has 1 aliphatic rings. The summed E-state index contributed by atoms with van der Waals surface area (Å²) in [6.45, 7) is 3.15. The van der Waals surface area contributed by atoms with Gasteiger partial charge in [-0.25, -0.2) is 0 Å². The summed E-state index contributed by atoms with van der Waals surface area (Å²) in [6.07, 6.45) is -5.86. The minimum absolute atomic E-state index is 0.0309. The highest BCUT2D eigenvalue weighted by Gasteiger charge is 2.32. The molecule has 1 aliphatic heterocycles. The number of aliphatic hydroxyl groups excluding tert-OH is 1. The number of carbonyl (C=O) groups is 3. The van der Waals surface area contributed by atoms with Crippen molar-refractivity contribution in [3.8, 4) is 5.75 Å². The van der Waals surface area contributed by atoms with Gasteiger partial charge < -0.3 is 30.9 Å². The Bertz CT molecular complexity index is 1280. The number of alkyl halides is 3. The number of Topliss-reactive ketones (excluding diaryl/α,β-unsaturated/α-hetero) is 1. The van der Waals surface area contributed by atoms with Crippen molar-refractivity contribution in [1.82, 2.24) is 10.6 Å². The quantitative estimate of drug-likeness (QED) is 0.277. The molecular formula is C27H31F3N4O6. The first kappa shape index (κ1) is 30.4. The second kappa shape index (κ2) is 13.3. The molecule has 0 saturated carbocycles. The molecule has 0 saturated heterocycles. The predicted molar refractivity (Wildman–Crippen MR) is 140 cm³/mol. The van der Waals surface area contributed by atoms with E-state index in [2.05, 4.69) is 20.9 Å². The Morgan fingerprint density at radius 3 is 2.55 bits per heavy atom. The van der Waals surface area contributed by atoms with Gasteiger partial charge in [-0.2, -0.15) is 13.2 Å². The van der Waals surface area contributed by atoms with E-state index in [1.54, 1.807) is 6.92 Å². The normalized spacial score (nSPS) is 15.8. The van der Waals surface area contributed by atoms with E-state index in [0.717, 1.165) is 12.1 Å². The zero-order chi connectivity index (χ0) is 29.4. The van der Waals surface area contributed by atoms with Crippen molar-refractivity contribution in [3.63, 3.8) is 0 Å². The smallest absolute Gasteiger partial charge is 0.416 e. The first-order valence-corrected chi connectivity index (χ1v) is 12.6. The molecular weight excluding hydrogens is 533 g/mol. The lowest BCUT2D eigenvalue weighted by Crippen LogP contribution is -2.42. The fraction of sp³-hybridized carbons (Fsp3) is 0.407. The summed E-state index contributed by atoms with van der Waals surface area (Å²) in [5.74, 6) is -2.65. The Labute approximate surface area is 228 Å². The van der Waals surface area contributed by atoms with Crippen molar-refractivity contribution in [2.45, 2.75) is 44.9 Å². The molecule has 0 aliphatic carbocycles. The summed E-state index contributed by atoms with van der Waals surface area (Å²) < 4.78 is 45.1. The van der Waals surface area contributed by atoms with Gasteiger partial charge in [-0.1, -0.05) is 11.6 Å². The van der Waals surface area contributed by atoms with Crippen LogP contribution in [0.4, 0.5) is 18.9 Å². The van der Waals surface area contributed by atoms with Crippen molar-refractivity contribution in [1.29, 1.82) is 0 Å². The molecule has 10 nitrogen and oxygen atoms in total. The number of hydrogen-bond acceptors (Lipinski definition) is 9. The van der Waals surface area contributed by atoms with Crippen LogP contribution in [0.25, 0.3) is 0 Å². The molecule has 40 heavy (non-hydrogen) atoms. The Morgan fingerprint density at radius 2 is 1.90 bits per heavy atom. The van der Waals surface area contributed by atoms with Crippen LogP contribution in [0.1, 0.15) is 52.7 Å². The second-order valence-corrected chi connectivity index (χ2v) is 9.38. The van der Waals surface area contributed by atoms with E-state index in [1.165, 1.54) is 31.2 Å². The highest BCUT2D eigenvalue weighted by Crippen LogP contribution is 2.34. The molecule has 2 atom stereocenters. The van der Waals surface area contributed by atoms with Gasteiger partial charge in [-0.15, -0.1) is 0 Å². The Morgan fingerprint density at radius 1 is 1.15 bits per heavy atom. The third kappa shape index (κ3) is 8.97. The van der Waals surface area contributed by atoms with Gasteiger partial charge in [0.1, 0.15) is 5.75 Å². The molecule has 5 N–H and O–H groups in total. The fourth-order valence-electron chi connectivity index (χ4n) is 4.14. The van der Waals surface area contributed by atoms with Crippen LogP contribution in [0.15, 0.2) is 41.4 Å². The van der Waals surface area contributed by atoms with Gasteiger partial charge >= 0.3 is 12.1 Å². The van der Waals surface area contributed by atoms with Crippen LogP contribution in [0.2, 0.25) is 0 Å². The van der Waals surface area contributed by atoms with Gasteiger partial charge in [0.15, 0.2) is 11.7 Å². The number of rotatable bonds is 10. The largest absolute Gasteiger partial charge is 0.508 e. The molecule has 0 fully saturated rings. The summed E-state index contributed by atoms with van der Waals surface area (Å²) in [4.78, 5) is 41.8. The van der Waals surface area contributed by atoms with Crippen molar-refractivity contribution in [2.75, 3.05) is 31.6 Å². The molecule has 3 rings (SSSR count). The lowest BCUT2D eigenvalue weighted by molar-refractivity contribution is -0.143. The van der Waals surface area contributed by atoms with Gasteiger partial charge in [0, 0.05) is 36.2 Å². The number of aliphatic imine (C=N–C) groups is 1. The van der Waals surface area contributed by atoms with Crippen LogP contribution < -0.4 is 16.0 Å². The average Bonchev–Trinajstić information content (AvgIpc) is 2.87. The topological polar surface area (TPSA) is 149 Å². The number of benzene rings is 2. The van der Waals surface area contributed by atoms with Gasteiger partial charge in [-0.05, 0) is 43.7 Å². The molecule has 216 valence electrons. The number of halogens is 3. The number of β-amino-alcohol motifs (C(OH)–C–C–N with tert-alkyl or cyclic N) is 1. The van der Waals surface area contributed by atoms with E-state index in [1.807, 2.05) is 0 Å². The number of phenolic OH excluding ortho intramolecular Hbond substituents is 1. The molecule has 1 heterocycles. The van der Waals surface area contributed by atoms with Gasteiger partial charge in [0.05, 0.1) is 37.8 Å². The zero-order valence-corrected chi connectivity index (χ0v) is 22.0. The number of aromatic hydroxyl groups is 1. The van der Waals surface area contributed by atoms with Gasteiger partial charge in [0.25, 0.3) is 5.91 Å². The minimum Gasteiger partial charge on any atom is -0.508 e. The number of carbonyl (C=O) groups excluding carboxylic acids is 3. The van der Waals surface area contributed by atoms with Gasteiger partial charge in [-0.3, -0.25) is 19.4 Å². The number of nitrogens with one attached hydrogen (secondary N) is 3. The van der Waals surface area contributed by atoms with E-state index >= 15 is 0 Å². The van der Waals surface area contributed by atoms with Crippen molar-refractivity contribution in [3.05, 3.63) is 58.7 Å². The summed E-state index contributed by atoms with van der Waals surface area (Å²) in [5.41, 5.74) is -0.0540. The fourth-order valence-corrected chi connectivity index (χ4v) is 4.14. The maximum absolute atomic E-state index is 13.4. The Kier molecular flexibility index (Phi) is 10.1. The number of hydrogen-bond donors (Lipinski definition) is 5. The van der Waals surface area contributed by atoms with Crippen LogP contribution in [-0.4, -0.2) is 66.2 Å². The van der Waals surface area contributed by atoms with Crippen LogP contribution in [0, 0.1) is 6.92 Å². The minimum atomic E-state index is -4.61. The molecule has 0 radical (unpaired) electrons. The molecule has 0 bridgehead atoms. The number of aryl methyl sites for hydroxylation is 1. The molecule has 0 spiro atoms. The van der Waals surface area contributed by atoms with Gasteiger partial charge in [0.2, 0.25) is 0 Å². The SMILES string of the molecule is CCOC(=O)C[C@H](CC(=O)CNC(=O)c1cc(O)cc(NC2=NCC(O)CN2)c1)c1cc(C)cc(C(F)(F)F)c1. The lowest BCUT2D eigenvalue weighted by Gasteiger charge is -2.20. The summed E-state index contributed by atoms with van der Waals surface area (Å²) >= 11 is 0. The number of esters is 1. The highest BCUT2D eigenvalue weighted by molar-refractivity contribution is 6.00. The first-order chi connectivity index (χ1) is 18.8. The number of guanidine groups is 1. The van der Waals surface area contributed by atoms with E-state index in [9.17, 15) is 37.8 Å². The number of amides is 1. The number of phenols is 1. The highest BCUT2D eigenvalue weighted by atomic mass is 19.4. The number of ketones is 1.